The van der Waals surface area contributed by atoms with Gasteiger partial charge in [0.15, 0.2) is 5.16 Å². The van der Waals surface area contributed by atoms with E-state index in [9.17, 15) is 4.79 Å². The summed E-state index contributed by atoms with van der Waals surface area (Å²) in [6.07, 6.45) is 6.19. The summed E-state index contributed by atoms with van der Waals surface area (Å²) in [6, 6.07) is 6.28. The van der Waals surface area contributed by atoms with E-state index in [0.717, 1.165) is 26.7 Å². The standard InChI is InChI=1S/C18H23BrN4OS/c1-12-10-14(8-9-16(12)19)20-17(24)11-25-18-22-21-13(2)23(18)15-6-4-3-5-7-15/h8-10,15H,3-7,11H2,1-2H3,(H,20,24). The summed E-state index contributed by atoms with van der Waals surface area (Å²) in [5.74, 6) is 1.25. The van der Waals surface area contributed by atoms with Gasteiger partial charge >= 0.3 is 0 Å². The molecule has 0 atom stereocenters. The van der Waals surface area contributed by atoms with Crippen molar-refractivity contribution < 1.29 is 4.79 Å². The molecule has 1 aliphatic carbocycles. The van der Waals surface area contributed by atoms with Crippen molar-refractivity contribution in [2.75, 3.05) is 11.1 Å². The highest BCUT2D eigenvalue weighted by molar-refractivity contribution is 9.10. The van der Waals surface area contributed by atoms with E-state index in [1.807, 2.05) is 32.0 Å². The Kier molecular flexibility index (Phi) is 6.17. The summed E-state index contributed by atoms with van der Waals surface area (Å²) < 4.78 is 3.26. The van der Waals surface area contributed by atoms with E-state index in [-0.39, 0.29) is 5.91 Å². The zero-order chi connectivity index (χ0) is 17.8. The number of hydrogen-bond acceptors (Lipinski definition) is 4. The summed E-state index contributed by atoms with van der Waals surface area (Å²) in [5, 5.41) is 12.3. The van der Waals surface area contributed by atoms with E-state index in [1.54, 1.807) is 0 Å². The van der Waals surface area contributed by atoms with Crippen LogP contribution in [0, 0.1) is 13.8 Å². The Morgan fingerprint density at radius 3 is 2.76 bits per heavy atom. The van der Waals surface area contributed by atoms with Crippen LogP contribution in [-0.2, 0) is 4.79 Å². The topological polar surface area (TPSA) is 59.8 Å². The van der Waals surface area contributed by atoms with Gasteiger partial charge in [0.2, 0.25) is 5.91 Å². The average Bonchev–Trinajstić information content (AvgIpc) is 2.98. The number of benzene rings is 1. The number of aromatic nitrogens is 3. The fraction of sp³-hybridized carbons (Fsp3) is 0.500. The first-order valence-corrected chi connectivity index (χ1v) is 10.4. The number of carbonyl (C=O) groups excluding carboxylic acids is 1. The third-order valence-corrected chi connectivity index (χ3v) is 6.38. The van der Waals surface area contributed by atoms with E-state index >= 15 is 0 Å². The fourth-order valence-electron chi connectivity index (χ4n) is 3.26. The molecule has 7 heteroatoms. The number of thioether (sulfide) groups is 1. The maximum Gasteiger partial charge on any atom is 0.234 e. The lowest BCUT2D eigenvalue weighted by Gasteiger charge is -2.24. The van der Waals surface area contributed by atoms with Crippen LogP contribution in [0.25, 0.3) is 0 Å². The van der Waals surface area contributed by atoms with Crippen molar-refractivity contribution in [3.63, 3.8) is 0 Å². The highest BCUT2D eigenvalue weighted by Crippen LogP contribution is 2.32. The Labute approximate surface area is 161 Å². The first-order chi connectivity index (χ1) is 12.0. The van der Waals surface area contributed by atoms with Gasteiger partial charge in [-0.3, -0.25) is 4.79 Å². The molecule has 0 unspecified atom stereocenters. The smallest absolute Gasteiger partial charge is 0.234 e. The molecule has 134 valence electrons. The summed E-state index contributed by atoms with van der Waals surface area (Å²) in [7, 11) is 0. The van der Waals surface area contributed by atoms with Gasteiger partial charge in [-0.05, 0) is 50.5 Å². The third-order valence-electron chi connectivity index (χ3n) is 4.55. The number of nitrogens with one attached hydrogen (secondary N) is 1. The molecule has 25 heavy (non-hydrogen) atoms. The molecule has 2 aromatic rings. The van der Waals surface area contributed by atoms with E-state index in [4.69, 9.17) is 0 Å². The SMILES string of the molecule is Cc1cc(NC(=O)CSc2nnc(C)n2C2CCCCC2)ccc1Br. The van der Waals surface area contributed by atoms with Crippen LogP contribution in [0.3, 0.4) is 0 Å². The van der Waals surface area contributed by atoms with Crippen molar-refractivity contribution in [1.29, 1.82) is 0 Å². The molecule has 3 rings (SSSR count). The highest BCUT2D eigenvalue weighted by Gasteiger charge is 2.21. The number of nitrogens with zero attached hydrogens (tertiary/aromatic N) is 3. The van der Waals surface area contributed by atoms with Gasteiger partial charge in [-0.2, -0.15) is 0 Å². The van der Waals surface area contributed by atoms with Crippen LogP contribution in [0.15, 0.2) is 27.8 Å². The Bertz CT molecular complexity index is 756. The number of aryl methyl sites for hydroxylation is 2. The summed E-state index contributed by atoms with van der Waals surface area (Å²) in [5.41, 5.74) is 1.91. The predicted octanol–water partition coefficient (Wildman–Crippen LogP) is 4.89. The molecule has 0 aliphatic heterocycles. The minimum absolute atomic E-state index is 0.0254. The van der Waals surface area contributed by atoms with Gasteiger partial charge in [0.1, 0.15) is 5.82 Å². The number of anilines is 1. The lowest BCUT2D eigenvalue weighted by Crippen LogP contribution is -2.17. The lowest BCUT2D eigenvalue weighted by molar-refractivity contribution is -0.113. The number of halogens is 1. The second-order valence-electron chi connectivity index (χ2n) is 6.49. The fourth-order valence-corrected chi connectivity index (χ4v) is 4.36. The van der Waals surface area contributed by atoms with Crippen molar-refractivity contribution in [2.45, 2.75) is 57.1 Å². The lowest BCUT2D eigenvalue weighted by atomic mass is 9.95. The molecule has 1 aromatic carbocycles. The largest absolute Gasteiger partial charge is 0.325 e. The maximum atomic E-state index is 12.3. The van der Waals surface area contributed by atoms with Crippen molar-refractivity contribution in [2.24, 2.45) is 0 Å². The average molecular weight is 423 g/mol. The van der Waals surface area contributed by atoms with Crippen molar-refractivity contribution in [1.82, 2.24) is 14.8 Å². The predicted molar refractivity (Wildman–Crippen MR) is 105 cm³/mol. The second-order valence-corrected chi connectivity index (χ2v) is 8.29. The second kappa shape index (κ2) is 8.36. The number of amides is 1. The van der Waals surface area contributed by atoms with E-state index < -0.39 is 0 Å². The molecular formula is C18H23BrN4OS. The van der Waals surface area contributed by atoms with Crippen LogP contribution < -0.4 is 5.32 Å². The van der Waals surface area contributed by atoms with Crippen LogP contribution in [0.2, 0.25) is 0 Å². The quantitative estimate of drug-likeness (QED) is 0.696. The zero-order valence-electron chi connectivity index (χ0n) is 14.6. The molecule has 0 spiro atoms. The molecule has 1 heterocycles. The van der Waals surface area contributed by atoms with Crippen LogP contribution in [-0.4, -0.2) is 26.4 Å². The van der Waals surface area contributed by atoms with Crippen LogP contribution in [0.1, 0.15) is 49.5 Å². The van der Waals surface area contributed by atoms with E-state index in [2.05, 4.69) is 36.0 Å². The molecule has 1 amide bonds. The summed E-state index contributed by atoms with van der Waals surface area (Å²) >= 11 is 4.93. The zero-order valence-corrected chi connectivity index (χ0v) is 17.0. The number of hydrogen-bond donors (Lipinski definition) is 1. The summed E-state index contributed by atoms with van der Waals surface area (Å²) in [6.45, 7) is 4.00. The minimum Gasteiger partial charge on any atom is -0.325 e. The molecule has 0 saturated heterocycles. The molecular weight excluding hydrogens is 400 g/mol. The Balaban J connectivity index is 1.61. The van der Waals surface area contributed by atoms with Gasteiger partial charge in [-0.15, -0.1) is 10.2 Å². The maximum absolute atomic E-state index is 12.3. The van der Waals surface area contributed by atoms with Gasteiger partial charge in [0.25, 0.3) is 0 Å². The van der Waals surface area contributed by atoms with E-state index in [1.165, 1.54) is 43.9 Å². The Morgan fingerprint density at radius 1 is 1.28 bits per heavy atom. The molecule has 1 aliphatic rings. The third kappa shape index (κ3) is 4.64. The number of carbonyl (C=O) groups is 1. The summed E-state index contributed by atoms with van der Waals surface area (Å²) in [4.78, 5) is 12.3. The highest BCUT2D eigenvalue weighted by atomic mass is 79.9. The van der Waals surface area contributed by atoms with Crippen LogP contribution >= 0.6 is 27.7 Å². The molecule has 1 saturated carbocycles. The van der Waals surface area contributed by atoms with Gasteiger partial charge in [0.05, 0.1) is 5.75 Å². The van der Waals surface area contributed by atoms with Gasteiger partial charge in [-0.25, -0.2) is 0 Å². The molecule has 1 fully saturated rings. The van der Waals surface area contributed by atoms with Gasteiger partial charge in [0, 0.05) is 16.2 Å². The molecule has 1 aromatic heterocycles. The molecule has 5 nitrogen and oxygen atoms in total. The van der Waals surface area contributed by atoms with Crippen molar-refractivity contribution >= 4 is 39.3 Å². The molecule has 1 N–H and O–H groups in total. The number of rotatable bonds is 5. The van der Waals surface area contributed by atoms with Crippen molar-refractivity contribution in [3.05, 3.63) is 34.1 Å². The van der Waals surface area contributed by atoms with E-state index in [0.29, 0.717) is 11.8 Å². The molecule has 0 radical (unpaired) electrons. The van der Waals surface area contributed by atoms with Crippen LogP contribution in [0.5, 0.6) is 0 Å². The van der Waals surface area contributed by atoms with Crippen LogP contribution in [0.4, 0.5) is 5.69 Å². The first-order valence-electron chi connectivity index (χ1n) is 8.65. The van der Waals surface area contributed by atoms with Gasteiger partial charge < -0.3 is 9.88 Å². The first kappa shape index (κ1) is 18.5. The normalized spacial score (nSPS) is 15.3. The van der Waals surface area contributed by atoms with Crippen molar-refractivity contribution in [3.8, 4) is 0 Å². The Hall–Kier alpha value is -1.34. The molecule has 0 bridgehead atoms. The van der Waals surface area contributed by atoms with Gasteiger partial charge in [-0.1, -0.05) is 47.0 Å². The minimum atomic E-state index is -0.0254. The monoisotopic (exact) mass is 422 g/mol. The Morgan fingerprint density at radius 2 is 2.04 bits per heavy atom.